The van der Waals surface area contributed by atoms with Crippen LogP contribution in [0.5, 0.6) is 0 Å². The van der Waals surface area contributed by atoms with Crippen molar-refractivity contribution in [2.45, 2.75) is 43.3 Å². The number of rotatable bonds is 15. The van der Waals surface area contributed by atoms with E-state index in [1.165, 1.54) is 0 Å². The van der Waals surface area contributed by atoms with Crippen LogP contribution in [0.3, 0.4) is 0 Å². The predicted octanol–water partition coefficient (Wildman–Crippen LogP) is -2.86. The number of guanidine groups is 2. The van der Waals surface area contributed by atoms with Gasteiger partial charge < -0.3 is 45.2 Å². The van der Waals surface area contributed by atoms with E-state index in [0.29, 0.717) is 6.42 Å². The topological polar surface area (TPSA) is 278 Å². The molecule has 1 aromatic rings. The first-order valence-corrected chi connectivity index (χ1v) is 10.7. The normalized spacial score (nSPS) is 15.3. The number of Topliss-reactive ketones (excluding diaryl/α,β-unsaturated/α-hetero) is 2. The van der Waals surface area contributed by atoms with Crippen LogP contribution in [0.1, 0.15) is 24.8 Å². The van der Waals surface area contributed by atoms with E-state index in [0.717, 1.165) is 5.56 Å². The Balaban J connectivity index is 3.21. The Labute approximate surface area is 197 Å². The molecule has 0 bridgehead atoms. The highest BCUT2D eigenvalue weighted by atomic mass is 16.4. The van der Waals surface area contributed by atoms with Gasteiger partial charge in [0.15, 0.2) is 29.0 Å². The maximum atomic E-state index is 13.3. The van der Waals surface area contributed by atoms with Gasteiger partial charge in [-0.3, -0.25) is 19.6 Å². The van der Waals surface area contributed by atoms with Crippen molar-refractivity contribution in [3.05, 3.63) is 35.9 Å². The summed E-state index contributed by atoms with van der Waals surface area (Å²) in [5.74, 6) is -5.34. The van der Waals surface area contributed by atoms with Gasteiger partial charge in [-0.25, -0.2) is 4.79 Å². The summed E-state index contributed by atoms with van der Waals surface area (Å²) in [6.45, 7) is 0.0405. The maximum Gasteiger partial charge on any atom is 0.332 e. The molecule has 34 heavy (non-hydrogen) atoms. The molecule has 1 aromatic carbocycles. The smallest absolute Gasteiger partial charge is 0.332 e. The van der Waals surface area contributed by atoms with Gasteiger partial charge in [-0.15, -0.1) is 0 Å². The van der Waals surface area contributed by atoms with Crippen molar-refractivity contribution in [3.8, 4) is 0 Å². The quantitative estimate of drug-likeness (QED) is 0.0550. The van der Waals surface area contributed by atoms with E-state index in [2.05, 4.69) is 9.98 Å². The fraction of sp³-hybridized carbons (Fsp3) is 0.476. The fourth-order valence-electron chi connectivity index (χ4n) is 3.53. The van der Waals surface area contributed by atoms with Crippen molar-refractivity contribution in [2.24, 2.45) is 56.0 Å². The Kier molecular flexibility index (Phi) is 11.1. The Morgan fingerprint density at radius 2 is 1.44 bits per heavy atom. The van der Waals surface area contributed by atoms with E-state index in [9.17, 15) is 19.5 Å². The maximum absolute atomic E-state index is 13.3. The van der Waals surface area contributed by atoms with Crippen LogP contribution >= 0.6 is 0 Å². The van der Waals surface area contributed by atoms with Crippen molar-refractivity contribution < 1.29 is 19.5 Å². The number of carboxylic acids is 1. The number of aliphatic carboxylic acids is 1. The van der Waals surface area contributed by atoms with Crippen molar-refractivity contribution >= 4 is 29.5 Å². The van der Waals surface area contributed by atoms with E-state index >= 15 is 0 Å². The molecule has 0 amide bonds. The first-order chi connectivity index (χ1) is 15.9. The Hall–Kier alpha value is -3.55. The molecule has 0 heterocycles. The Morgan fingerprint density at radius 3 is 1.97 bits per heavy atom. The first kappa shape index (κ1) is 28.5. The highest BCUT2D eigenvalue weighted by Gasteiger charge is 2.53. The van der Waals surface area contributed by atoms with Gasteiger partial charge in [0.25, 0.3) is 0 Å². The number of carboxylic acid groups (broad SMARTS) is 1. The third kappa shape index (κ3) is 8.10. The van der Waals surface area contributed by atoms with Gasteiger partial charge in [-0.2, -0.15) is 0 Å². The SMILES string of the molecule is NC(N)=NCCCC(N)C(=O)C(N)(C(=O)O)C(CCN=C(N)N)C(=O)C(N)Cc1ccccc1. The summed E-state index contributed by atoms with van der Waals surface area (Å²) in [5, 5.41) is 9.96. The molecule has 13 heteroatoms. The second kappa shape index (κ2) is 13.2. The zero-order valence-corrected chi connectivity index (χ0v) is 19.0. The summed E-state index contributed by atoms with van der Waals surface area (Å²) in [6.07, 6.45) is 0.231. The number of benzene rings is 1. The molecule has 0 saturated heterocycles. The number of hydrogen-bond acceptors (Lipinski definition) is 8. The second-order valence-corrected chi connectivity index (χ2v) is 7.94. The molecule has 1 rings (SSSR count). The number of nitrogens with zero attached hydrogens (tertiary/aromatic N) is 2. The van der Waals surface area contributed by atoms with Gasteiger partial charge in [0.2, 0.25) is 0 Å². The zero-order valence-electron chi connectivity index (χ0n) is 19.0. The van der Waals surface area contributed by atoms with Gasteiger partial charge in [-0.05, 0) is 31.2 Å². The van der Waals surface area contributed by atoms with Crippen LogP contribution in [0.4, 0.5) is 0 Å². The molecule has 0 aromatic heterocycles. The van der Waals surface area contributed by atoms with E-state index in [-0.39, 0.29) is 44.3 Å². The van der Waals surface area contributed by atoms with E-state index in [1.54, 1.807) is 30.3 Å². The van der Waals surface area contributed by atoms with Crippen LogP contribution in [0, 0.1) is 5.92 Å². The summed E-state index contributed by atoms with van der Waals surface area (Å²) in [4.78, 5) is 46.3. The van der Waals surface area contributed by atoms with E-state index in [4.69, 9.17) is 40.1 Å². The lowest BCUT2D eigenvalue weighted by Crippen LogP contribution is -2.67. The van der Waals surface area contributed by atoms with Crippen LogP contribution in [0.2, 0.25) is 0 Å². The van der Waals surface area contributed by atoms with Crippen LogP contribution in [0.15, 0.2) is 40.3 Å². The Bertz CT molecular complexity index is 899. The lowest BCUT2D eigenvalue weighted by Gasteiger charge is -2.34. The van der Waals surface area contributed by atoms with Gasteiger partial charge in [-0.1, -0.05) is 30.3 Å². The molecule has 188 valence electrons. The minimum absolute atomic E-state index is 0.0483. The summed E-state index contributed by atoms with van der Waals surface area (Å²) >= 11 is 0. The largest absolute Gasteiger partial charge is 0.480 e. The number of carbonyl (C=O) groups is 3. The molecule has 15 N–H and O–H groups in total. The lowest BCUT2D eigenvalue weighted by molar-refractivity contribution is -0.155. The number of nitrogens with two attached hydrogens (primary N) is 7. The average Bonchev–Trinajstić information content (AvgIpc) is 2.78. The van der Waals surface area contributed by atoms with Crippen molar-refractivity contribution in [1.82, 2.24) is 0 Å². The predicted molar refractivity (Wildman–Crippen MR) is 129 cm³/mol. The summed E-state index contributed by atoms with van der Waals surface area (Å²) in [5.41, 5.74) is 37.5. The molecule has 0 spiro atoms. The minimum atomic E-state index is -2.64. The van der Waals surface area contributed by atoms with E-state index in [1.807, 2.05) is 0 Å². The van der Waals surface area contributed by atoms with Gasteiger partial charge in [0.05, 0.1) is 18.0 Å². The number of carbonyl (C=O) groups excluding carboxylic acids is 2. The van der Waals surface area contributed by atoms with Crippen molar-refractivity contribution in [3.63, 3.8) is 0 Å². The molecule has 0 aliphatic carbocycles. The molecule has 0 aliphatic rings. The zero-order chi connectivity index (χ0) is 25.9. The van der Waals surface area contributed by atoms with Gasteiger partial charge >= 0.3 is 5.97 Å². The fourth-order valence-corrected chi connectivity index (χ4v) is 3.53. The van der Waals surface area contributed by atoms with Crippen molar-refractivity contribution in [1.29, 1.82) is 0 Å². The third-order valence-corrected chi connectivity index (χ3v) is 5.34. The first-order valence-electron chi connectivity index (χ1n) is 10.7. The summed E-state index contributed by atoms with van der Waals surface area (Å²) in [6, 6.07) is 6.49. The molecule has 13 nitrogen and oxygen atoms in total. The monoisotopic (exact) mass is 477 g/mol. The molecule has 4 unspecified atom stereocenters. The molecule has 0 radical (unpaired) electrons. The number of ketones is 2. The molecule has 4 atom stereocenters. The molecular formula is C21H35N9O4. The summed E-state index contributed by atoms with van der Waals surface area (Å²) < 4.78 is 0. The van der Waals surface area contributed by atoms with Gasteiger partial charge in [0, 0.05) is 13.1 Å². The average molecular weight is 478 g/mol. The second-order valence-electron chi connectivity index (χ2n) is 7.94. The molecule has 0 aliphatic heterocycles. The third-order valence-electron chi connectivity index (χ3n) is 5.34. The number of aliphatic imine (C=N–C) groups is 2. The van der Waals surface area contributed by atoms with Crippen molar-refractivity contribution in [2.75, 3.05) is 13.1 Å². The van der Waals surface area contributed by atoms with Crippen LogP contribution in [-0.2, 0) is 20.8 Å². The molecule has 0 saturated carbocycles. The Morgan fingerprint density at radius 1 is 0.882 bits per heavy atom. The highest BCUT2D eigenvalue weighted by Crippen LogP contribution is 2.26. The molecule has 0 fully saturated rings. The lowest BCUT2D eigenvalue weighted by atomic mass is 9.72. The van der Waals surface area contributed by atoms with Crippen LogP contribution in [0.25, 0.3) is 0 Å². The standard InChI is InChI=1S/C21H35N9O4/c22-14(7-4-9-29-19(24)25)17(32)21(28,18(33)34)13(8-10-30-20(26)27)16(31)15(23)11-12-5-2-1-3-6-12/h1-3,5-6,13-15H,4,7-11,22-23,28H2,(H,33,34)(H4,24,25,29)(H4,26,27,30). The van der Waals surface area contributed by atoms with Gasteiger partial charge in [0.1, 0.15) is 0 Å². The van der Waals surface area contributed by atoms with E-state index < -0.39 is 41.1 Å². The van der Waals surface area contributed by atoms with Crippen LogP contribution < -0.4 is 40.1 Å². The van der Waals surface area contributed by atoms with Crippen LogP contribution in [-0.4, -0.2) is 65.3 Å². The number of hydrogen-bond donors (Lipinski definition) is 8. The minimum Gasteiger partial charge on any atom is -0.480 e. The molecular weight excluding hydrogens is 442 g/mol. The highest BCUT2D eigenvalue weighted by molar-refractivity contribution is 6.14. The summed E-state index contributed by atoms with van der Waals surface area (Å²) in [7, 11) is 0.